The van der Waals surface area contributed by atoms with E-state index in [0.29, 0.717) is 18.1 Å². The van der Waals surface area contributed by atoms with Crippen molar-refractivity contribution in [3.8, 4) is 0 Å². The van der Waals surface area contributed by atoms with Crippen LogP contribution in [0.1, 0.15) is 49.4 Å². The summed E-state index contributed by atoms with van der Waals surface area (Å²) in [6.45, 7) is 4.84. The quantitative estimate of drug-likeness (QED) is 0.921. The van der Waals surface area contributed by atoms with Gasteiger partial charge in [-0.3, -0.25) is 4.90 Å². The third-order valence-electron chi connectivity index (χ3n) is 5.28. The molecule has 0 radical (unpaired) electrons. The van der Waals surface area contributed by atoms with Crippen LogP contribution < -0.4 is 5.32 Å². The van der Waals surface area contributed by atoms with Crippen LogP contribution in [0.4, 0.5) is 0 Å². The molecule has 2 unspecified atom stereocenters. The minimum atomic E-state index is 0.358. The Balaban J connectivity index is 1.35. The molecule has 4 rings (SSSR count). The number of hydrogen-bond donors (Lipinski definition) is 1. The maximum Gasteiger partial charge on any atom is 0.131 e. The monoisotopic (exact) mass is 302 g/mol. The molecule has 5 heteroatoms. The van der Waals surface area contributed by atoms with Crippen LogP contribution in [0.2, 0.25) is 0 Å². The van der Waals surface area contributed by atoms with Crippen LogP contribution in [0.15, 0.2) is 12.4 Å². The average Bonchev–Trinajstić information content (AvgIpc) is 2.98. The molecule has 1 N–H and O–H groups in total. The van der Waals surface area contributed by atoms with E-state index in [0.717, 1.165) is 38.6 Å². The second-order valence-electron chi connectivity index (χ2n) is 6.95. The second kappa shape index (κ2) is 6.60. The molecule has 5 nitrogen and oxygen atoms in total. The van der Waals surface area contributed by atoms with Gasteiger partial charge in [0, 0.05) is 56.1 Å². The predicted octanol–water partition coefficient (Wildman–Crippen LogP) is 1.70. The van der Waals surface area contributed by atoms with E-state index in [2.05, 4.69) is 20.2 Å². The summed E-state index contributed by atoms with van der Waals surface area (Å²) in [4.78, 5) is 11.8. The van der Waals surface area contributed by atoms with Gasteiger partial charge in [0.05, 0.1) is 12.7 Å². The molecule has 1 aliphatic carbocycles. The molecule has 3 heterocycles. The topological polar surface area (TPSA) is 50.3 Å². The van der Waals surface area contributed by atoms with Gasteiger partial charge in [0.25, 0.3) is 0 Å². The highest BCUT2D eigenvalue weighted by Crippen LogP contribution is 2.30. The number of nitrogens with zero attached hydrogens (tertiary/aromatic N) is 3. The first-order chi connectivity index (χ1) is 10.9. The van der Waals surface area contributed by atoms with Crippen LogP contribution in [0.3, 0.4) is 0 Å². The number of aromatic nitrogens is 2. The van der Waals surface area contributed by atoms with Gasteiger partial charge in [-0.2, -0.15) is 0 Å². The first-order valence-corrected chi connectivity index (χ1v) is 8.76. The lowest BCUT2D eigenvalue weighted by molar-refractivity contribution is 0.0175. The lowest BCUT2D eigenvalue weighted by Gasteiger charge is -2.25. The predicted molar refractivity (Wildman–Crippen MR) is 84.7 cm³/mol. The Kier molecular flexibility index (Phi) is 4.37. The van der Waals surface area contributed by atoms with E-state index in [9.17, 15) is 0 Å². The lowest BCUT2D eigenvalue weighted by Crippen LogP contribution is -2.47. The van der Waals surface area contributed by atoms with Gasteiger partial charge in [0.1, 0.15) is 5.82 Å². The van der Waals surface area contributed by atoms with Crippen molar-refractivity contribution in [3.05, 3.63) is 23.8 Å². The maximum absolute atomic E-state index is 5.83. The number of nitrogens with one attached hydrogen (secondary N) is 1. The molecule has 0 spiro atoms. The molecule has 1 aromatic rings. The smallest absolute Gasteiger partial charge is 0.131 e. The van der Waals surface area contributed by atoms with Crippen molar-refractivity contribution in [2.45, 2.75) is 56.7 Å². The van der Waals surface area contributed by atoms with Crippen LogP contribution >= 0.6 is 0 Å². The largest absolute Gasteiger partial charge is 0.374 e. The number of rotatable bonds is 3. The Bertz CT molecular complexity index is 472. The van der Waals surface area contributed by atoms with E-state index in [1.807, 2.05) is 12.4 Å². The van der Waals surface area contributed by atoms with Gasteiger partial charge in [0.15, 0.2) is 0 Å². The summed E-state index contributed by atoms with van der Waals surface area (Å²) in [6, 6.07) is 0.496. The number of hydrogen-bond acceptors (Lipinski definition) is 5. The van der Waals surface area contributed by atoms with Crippen molar-refractivity contribution in [1.82, 2.24) is 20.2 Å². The zero-order valence-electron chi connectivity index (χ0n) is 13.2. The van der Waals surface area contributed by atoms with Crippen LogP contribution in [-0.2, 0) is 11.3 Å². The molecule has 0 amide bonds. The molecular formula is C17H26N4O. The minimum Gasteiger partial charge on any atom is -0.374 e. The van der Waals surface area contributed by atoms with E-state index >= 15 is 0 Å². The van der Waals surface area contributed by atoms with Gasteiger partial charge in [-0.25, -0.2) is 9.97 Å². The van der Waals surface area contributed by atoms with Crippen molar-refractivity contribution in [1.29, 1.82) is 0 Å². The molecule has 1 saturated carbocycles. The van der Waals surface area contributed by atoms with E-state index in [1.54, 1.807) is 0 Å². The van der Waals surface area contributed by atoms with Crippen molar-refractivity contribution in [3.63, 3.8) is 0 Å². The molecule has 0 bridgehead atoms. The Labute approximate surface area is 132 Å². The van der Waals surface area contributed by atoms with E-state index < -0.39 is 0 Å². The Morgan fingerprint density at radius 2 is 1.95 bits per heavy atom. The van der Waals surface area contributed by atoms with Crippen LogP contribution in [0.25, 0.3) is 0 Å². The summed E-state index contributed by atoms with van der Waals surface area (Å²) in [7, 11) is 0. The Morgan fingerprint density at radius 1 is 1.14 bits per heavy atom. The van der Waals surface area contributed by atoms with Crippen LogP contribution in [-0.4, -0.2) is 53.3 Å². The first kappa shape index (κ1) is 14.5. The zero-order chi connectivity index (χ0) is 14.8. The van der Waals surface area contributed by atoms with Gasteiger partial charge in [-0.05, 0) is 12.8 Å². The Hall–Kier alpha value is -1.04. The first-order valence-electron chi connectivity index (χ1n) is 8.76. The molecule has 22 heavy (non-hydrogen) atoms. The minimum absolute atomic E-state index is 0.358. The van der Waals surface area contributed by atoms with Crippen molar-refractivity contribution >= 4 is 0 Å². The highest BCUT2D eigenvalue weighted by molar-refractivity contribution is 5.09. The van der Waals surface area contributed by atoms with Crippen LogP contribution in [0.5, 0.6) is 0 Å². The second-order valence-corrected chi connectivity index (χ2v) is 6.95. The van der Waals surface area contributed by atoms with E-state index in [4.69, 9.17) is 4.74 Å². The molecule has 3 fully saturated rings. The summed E-state index contributed by atoms with van der Waals surface area (Å²) >= 11 is 0. The fourth-order valence-corrected chi connectivity index (χ4v) is 4.08. The van der Waals surface area contributed by atoms with Gasteiger partial charge in [-0.15, -0.1) is 0 Å². The fourth-order valence-electron chi connectivity index (χ4n) is 4.08. The third-order valence-corrected chi connectivity index (χ3v) is 5.28. The van der Waals surface area contributed by atoms with Crippen molar-refractivity contribution in [2.75, 3.05) is 26.2 Å². The summed E-state index contributed by atoms with van der Waals surface area (Å²) < 4.78 is 5.83. The molecule has 0 aromatic carbocycles. The van der Waals surface area contributed by atoms with Crippen molar-refractivity contribution < 1.29 is 4.74 Å². The normalized spacial score (nSPS) is 30.4. The van der Waals surface area contributed by atoms with Gasteiger partial charge in [-0.1, -0.05) is 19.3 Å². The van der Waals surface area contributed by atoms with E-state index in [-0.39, 0.29) is 0 Å². The number of likely N-dealkylation sites (tertiary alicyclic amines) is 1. The highest BCUT2D eigenvalue weighted by Gasteiger charge is 2.35. The van der Waals surface area contributed by atoms with Crippen molar-refractivity contribution in [2.24, 2.45) is 0 Å². The maximum atomic E-state index is 5.83. The summed E-state index contributed by atoms with van der Waals surface area (Å²) in [6.07, 6.45) is 11.0. The molecule has 2 atom stereocenters. The van der Waals surface area contributed by atoms with Gasteiger partial charge >= 0.3 is 0 Å². The average molecular weight is 302 g/mol. The SMILES string of the molecule is c1nc(C2CCCCC2)ncc1CN1CC2NCCOC2C1. The molecule has 2 saturated heterocycles. The standard InChI is InChI=1S/C17H26N4O/c1-2-4-14(5-3-1)17-19-8-13(9-20-17)10-21-11-15-16(12-21)22-7-6-18-15/h8-9,14-16,18H,1-7,10-12H2. The molecule has 2 aliphatic heterocycles. The molecular weight excluding hydrogens is 276 g/mol. The number of morpholine rings is 1. The summed E-state index contributed by atoms with van der Waals surface area (Å²) in [5, 5.41) is 3.55. The Morgan fingerprint density at radius 3 is 2.73 bits per heavy atom. The van der Waals surface area contributed by atoms with E-state index in [1.165, 1.54) is 37.7 Å². The molecule has 3 aliphatic rings. The van der Waals surface area contributed by atoms with Crippen LogP contribution in [0, 0.1) is 0 Å². The summed E-state index contributed by atoms with van der Waals surface area (Å²) in [5.74, 6) is 1.65. The molecule has 120 valence electrons. The highest BCUT2D eigenvalue weighted by atomic mass is 16.5. The summed E-state index contributed by atoms with van der Waals surface area (Å²) in [5.41, 5.74) is 1.22. The lowest BCUT2D eigenvalue weighted by atomic mass is 9.89. The van der Waals surface area contributed by atoms with Gasteiger partial charge in [0.2, 0.25) is 0 Å². The zero-order valence-corrected chi connectivity index (χ0v) is 13.2. The third kappa shape index (κ3) is 3.16. The van der Waals surface area contributed by atoms with Gasteiger partial charge < -0.3 is 10.1 Å². The number of ether oxygens (including phenoxy) is 1. The number of fused-ring (bicyclic) bond motifs is 1. The molecule has 1 aromatic heterocycles. The fraction of sp³-hybridized carbons (Fsp3) is 0.765.